The number of methoxy groups -OCH3 is 1. The minimum absolute atomic E-state index is 0.0345. The van der Waals surface area contributed by atoms with Crippen LogP contribution in [0, 0.1) is 0 Å². The van der Waals surface area contributed by atoms with E-state index < -0.39 is 0 Å². The van der Waals surface area contributed by atoms with E-state index in [2.05, 4.69) is 10.6 Å². The van der Waals surface area contributed by atoms with Crippen LogP contribution in [0.4, 0.5) is 0 Å². The molecule has 0 bridgehead atoms. The quantitative estimate of drug-likeness (QED) is 0.767. The third kappa shape index (κ3) is 5.24. The van der Waals surface area contributed by atoms with Crippen molar-refractivity contribution in [2.45, 2.75) is 13.0 Å². The van der Waals surface area contributed by atoms with Gasteiger partial charge in [0.1, 0.15) is 0 Å². The number of hydrogen-bond acceptors (Lipinski definition) is 3. The number of ether oxygens (including phenoxy) is 1. The Morgan fingerprint density at radius 1 is 1.30 bits per heavy atom. The lowest BCUT2D eigenvalue weighted by molar-refractivity contribution is -0.117. The lowest BCUT2D eigenvalue weighted by Gasteiger charge is -2.10. The molecule has 0 saturated carbocycles. The molecule has 0 heterocycles. The average molecular weight is 276 g/mol. The molecule has 0 saturated heterocycles. The normalized spacial score (nSPS) is 12.2. The van der Waals surface area contributed by atoms with Gasteiger partial charge in [0.25, 0.3) is 5.91 Å². The highest BCUT2D eigenvalue weighted by atomic mass is 16.5. The molecule has 0 spiro atoms. The predicted octanol–water partition coefficient (Wildman–Crippen LogP) is 1.21. The molecule has 1 aromatic carbocycles. The van der Waals surface area contributed by atoms with E-state index in [0.29, 0.717) is 12.2 Å². The van der Waals surface area contributed by atoms with Gasteiger partial charge in [0, 0.05) is 31.8 Å². The van der Waals surface area contributed by atoms with Crippen LogP contribution in [0.25, 0.3) is 6.08 Å². The van der Waals surface area contributed by atoms with Crippen molar-refractivity contribution in [1.29, 1.82) is 0 Å². The van der Waals surface area contributed by atoms with Crippen LogP contribution in [0.15, 0.2) is 30.3 Å². The molecule has 1 unspecified atom stereocenters. The molecule has 1 atom stereocenters. The first-order valence-corrected chi connectivity index (χ1v) is 6.36. The predicted molar refractivity (Wildman–Crippen MR) is 78.3 cm³/mol. The second-order valence-electron chi connectivity index (χ2n) is 4.40. The Bertz CT molecular complexity index is 480. The van der Waals surface area contributed by atoms with E-state index in [4.69, 9.17) is 4.74 Å². The van der Waals surface area contributed by atoms with Crippen LogP contribution in [-0.2, 0) is 9.53 Å². The fourth-order valence-electron chi connectivity index (χ4n) is 1.64. The van der Waals surface area contributed by atoms with Crippen molar-refractivity contribution in [1.82, 2.24) is 10.6 Å². The van der Waals surface area contributed by atoms with Crippen molar-refractivity contribution in [2.24, 2.45) is 0 Å². The van der Waals surface area contributed by atoms with Crippen molar-refractivity contribution in [3.8, 4) is 0 Å². The summed E-state index contributed by atoms with van der Waals surface area (Å²) in [5, 5.41) is 5.33. The van der Waals surface area contributed by atoms with Gasteiger partial charge < -0.3 is 15.4 Å². The molecule has 0 aliphatic carbocycles. The van der Waals surface area contributed by atoms with Gasteiger partial charge in [-0.05, 0) is 30.7 Å². The molecule has 0 aliphatic rings. The van der Waals surface area contributed by atoms with Gasteiger partial charge >= 0.3 is 0 Å². The summed E-state index contributed by atoms with van der Waals surface area (Å²) in [6.07, 6.45) is 3.16. The number of benzene rings is 1. The highest BCUT2D eigenvalue weighted by molar-refractivity contribution is 5.94. The van der Waals surface area contributed by atoms with E-state index in [-0.39, 0.29) is 17.9 Å². The van der Waals surface area contributed by atoms with E-state index in [1.54, 1.807) is 44.5 Å². The SMILES string of the molecule is CNC(=O)c1ccc(/C=C/C(=O)NC(C)COC)cc1. The number of rotatable bonds is 6. The standard InChI is InChI=1S/C15H20N2O3/c1-11(10-20-3)17-14(18)9-6-12-4-7-13(8-5-12)15(19)16-2/h4-9,11H,10H2,1-3H3,(H,16,19)(H,17,18)/b9-6+. The van der Waals surface area contributed by atoms with Crippen LogP contribution >= 0.6 is 0 Å². The summed E-state index contributed by atoms with van der Waals surface area (Å²) in [7, 11) is 3.17. The molecular weight excluding hydrogens is 256 g/mol. The maximum absolute atomic E-state index is 11.6. The fraction of sp³-hybridized carbons (Fsp3) is 0.333. The Hall–Kier alpha value is -2.14. The van der Waals surface area contributed by atoms with Crippen LogP contribution in [0.5, 0.6) is 0 Å². The van der Waals surface area contributed by atoms with Crippen LogP contribution < -0.4 is 10.6 Å². The van der Waals surface area contributed by atoms with Gasteiger partial charge in [-0.1, -0.05) is 12.1 Å². The zero-order chi connectivity index (χ0) is 15.0. The van der Waals surface area contributed by atoms with E-state index in [1.165, 1.54) is 6.08 Å². The largest absolute Gasteiger partial charge is 0.383 e. The molecule has 5 heteroatoms. The van der Waals surface area contributed by atoms with E-state index in [1.807, 2.05) is 6.92 Å². The van der Waals surface area contributed by atoms with Gasteiger partial charge in [0.05, 0.1) is 6.61 Å². The summed E-state index contributed by atoms with van der Waals surface area (Å²) in [6, 6.07) is 6.96. The highest BCUT2D eigenvalue weighted by Crippen LogP contribution is 2.06. The molecule has 1 rings (SSSR count). The Kier molecular flexibility index (Phi) is 6.46. The zero-order valence-corrected chi connectivity index (χ0v) is 12.0. The Morgan fingerprint density at radius 2 is 1.95 bits per heavy atom. The number of carbonyl (C=O) groups excluding carboxylic acids is 2. The number of hydrogen-bond donors (Lipinski definition) is 2. The third-order valence-corrected chi connectivity index (χ3v) is 2.63. The van der Waals surface area contributed by atoms with Gasteiger partial charge in [0.2, 0.25) is 5.91 Å². The lowest BCUT2D eigenvalue weighted by Crippen LogP contribution is -2.34. The minimum atomic E-state index is -0.176. The Balaban J connectivity index is 2.57. The van der Waals surface area contributed by atoms with Crippen molar-refractivity contribution in [2.75, 3.05) is 20.8 Å². The summed E-state index contributed by atoms with van der Waals surface area (Å²) >= 11 is 0. The molecule has 20 heavy (non-hydrogen) atoms. The smallest absolute Gasteiger partial charge is 0.251 e. The molecule has 0 radical (unpaired) electrons. The summed E-state index contributed by atoms with van der Waals surface area (Å²) < 4.78 is 4.94. The minimum Gasteiger partial charge on any atom is -0.383 e. The summed E-state index contributed by atoms with van der Waals surface area (Å²) in [5.74, 6) is -0.309. The second kappa shape index (κ2) is 8.12. The third-order valence-electron chi connectivity index (χ3n) is 2.63. The molecule has 0 fully saturated rings. The summed E-state index contributed by atoms with van der Waals surface area (Å²) in [6.45, 7) is 2.34. The van der Waals surface area contributed by atoms with Crippen molar-refractivity contribution in [3.05, 3.63) is 41.5 Å². The molecule has 2 amide bonds. The first-order chi connectivity index (χ1) is 9.56. The van der Waals surface area contributed by atoms with Crippen molar-refractivity contribution < 1.29 is 14.3 Å². The van der Waals surface area contributed by atoms with Crippen LogP contribution in [0.1, 0.15) is 22.8 Å². The number of amides is 2. The molecule has 0 aliphatic heterocycles. The van der Waals surface area contributed by atoms with Crippen molar-refractivity contribution in [3.63, 3.8) is 0 Å². The van der Waals surface area contributed by atoms with E-state index in [9.17, 15) is 9.59 Å². The fourth-order valence-corrected chi connectivity index (χ4v) is 1.64. The van der Waals surface area contributed by atoms with Gasteiger partial charge in [-0.15, -0.1) is 0 Å². The zero-order valence-electron chi connectivity index (χ0n) is 12.0. The van der Waals surface area contributed by atoms with E-state index in [0.717, 1.165) is 5.56 Å². The maximum atomic E-state index is 11.6. The van der Waals surface area contributed by atoms with Crippen LogP contribution in [0.2, 0.25) is 0 Å². The Morgan fingerprint density at radius 3 is 2.50 bits per heavy atom. The molecule has 0 aromatic heterocycles. The number of nitrogens with one attached hydrogen (secondary N) is 2. The average Bonchev–Trinajstić information content (AvgIpc) is 2.45. The van der Waals surface area contributed by atoms with Gasteiger partial charge in [0.15, 0.2) is 0 Å². The highest BCUT2D eigenvalue weighted by Gasteiger charge is 2.04. The molecule has 2 N–H and O–H groups in total. The molecular formula is C15H20N2O3. The van der Waals surface area contributed by atoms with Crippen molar-refractivity contribution >= 4 is 17.9 Å². The van der Waals surface area contributed by atoms with E-state index >= 15 is 0 Å². The monoisotopic (exact) mass is 276 g/mol. The second-order valence-corrected chi connectivity index (χ2v) is 4.40. The summed E-state index contributed by atoms with van der Waals surface area (Å²) in [5.41, 5.74) is 1.44. The maximum Gasteiger partial charge on any atom is 0.251 e. The lowest BCUT2D eigenvalue weighted by atomic mass is 10.1. The number of carbonyl (C=O) groups is 2. The molecule has 1 aromatic rings. The van der Waals surface area contributed by atoms with Crippen LogP contribution in [-0.4, -0.2) is 38.6 Å². The first-order valence-electron chi connectivity index (χ1n) is 6.36. The molecule has 108 valence electrons. The first kappa shape index (κ1) is 15.9. The Labute approximate surface area is 119 Å². The van der Waals surface area contributed by atoms with Crippen LogP contribution in [0.3, 0.4) is 0 Å². The van der Waals surface area contributed by atoms with Gasteiger partial charge in [-0.25, -0.2) is 0 Å². The van der Waals surface area contributed by atoms with Gasteiger partial charge in [-0.3, -0.25) is 9.59 Å². The van der Waals surface area contributed by atoms with Gasteiger partial charge in [-0.2, -0.15) is 0 Å². The molecule has 5 nitrogen and oxygen atoms in total. The summed E-state index contributed by atoms with van der Waals surface area (Å²) in [4.78, 5) is 23.0. The topological polar surface area (TPSA) is 67.4 Å².